The molecular formula is C54H42N2. The standard InChI is InChI=1S/C54H42N2/c1-10-34-54(35-11-1,42-30-26-38(27-31-42)40-14-12-16-44(36-40)55-50-22-6-2-18-46(50)47-19-3-7-23-51(47)55)43-32-28-39(29-33-43)41-15-13-17-45(37-41)56-52-24-8-4-20-48(52)49-21-5-9-25-53(49)56/h2-9,12-33,36-37H,1,10-11,34-35H2. The highest BCUT2D eigenvalue weighted by Crippen LogP contribution is 2.46. The van der Waals surface area contributed by atoms with Crippen molar-refractivity contribution in [3.63, 3.8) is 0 Å². The zero-order valence-corrected chi connectivity index (χ0v) is 31.4. The molecule has 2 heteroatoms. The van der Waals surface area contributed by atoms with Crippen molar-refractivity contribution in [1.82, 2.24) is 9.13 Å². The Balaban J connectivity index is 0.922. The zero-order chi connectivity index (χ0) is 37.1. The smallest absolute Gasteiger partial charge is 0.0541 e. The van der Waals surface area contributed by atoms with Crippen LogP contribution in [0.1, 0.15) is 43.2 Å². The van der Waals surface area contributed by atoms with Crippen LogP contribution < -0.4 is 0 Å². The van der Waals surface area contributed by atoms with Gasteiger partial charge >= 0.3 is 0 Å². The van der Waals surface area contributed by atoms with Crippen molar-refractivity contribution >= 4 is 43.6 Å². The van der Waals surface area contributed by atoms with E-state index < -0.39 is 0 Å². The largest absolute Gasteiger partial charge is 0.309 e. The average molecular weight is 719 g/mol. The molecule has 10 aromatic rings. The van der Waals surface area contributed by atoms with Crippen molar-refractivity contribution in [2.75, 3.05) is 0 Å². The fourth-order valence-corrected chi connectivity index (χ4v) is 9.91. The van der Waals surface area contributed by atoms with Crippen molar-refractivity contribution in [3.8, 4) is 33.6 Å². The predicted octanol–water partition coefficient (Wildman–Crippen LogP) is 14.5. The summed E-state index contributed by atoms with van der Waals surface area (Å²) in [6, 6.07) is 72.1. The Kier molecular flexibility index (Phi) is 7.77. The highest BCUT2D eigenvalue weighted by atomic mass is 15.0. The van der Waals surface area contributed by atoms with E-state index in [0.717, 1.165) is 0 Å². The second-order valence-corrected chi connectivity index (χ2v) is 15.6. The third kappa shape index (κ3) is 5.24. The van der Waals surface area contributed by atoms with Gasteiger partial charge in [-0.2, -0.15) is 0 Å². The van der Waals surface area contributed by atoms with Gasteiger partial charge in [-0.3, -0.25) is 0 Å². The molecule has 0 amide bonds. The van der Waals surface area contributed by atoms with Crippen molar-refractivity contribution < 1.29 is 0 Å². The fraction of sp³-hybridized carbons (Fsp3) is 0.111. The molecule has 1 aliphatic rings. The Bertz CT molecular complexity index is 2730. The number of para-hydroxylation sites is 4. The van der Waals surface area contributed by atoms with Gasteiger partial charge < -0.3 is 9.13 Å². The number of nitrogens with zero attached hydrogens (tertiary/aromatic N) is 2. The molecule has 0 bridgehead atoms. The number of rotatable bonds is 6. The second-order valence-electron chi connectivity index (χ2n) is 15.6. The van der Waals surface area contributed by atoms with Crippen LogP contribution in [0.5, 0.6) is 0 Å². The van der Waals surface area contributed by atoms with E-state index in [1.54, 1.807) is 0 Å². The summed E-state index contributed by atoms with van der Waals surface area (Å²) in [4.78, 5) is 0. The van der Waals surface area contributed by atoms with Gasteiger partial charge in [-0.05, 0) is 94.8 Å². The quantitative estimate of drug-likeness (QED) is 0.162. The van der Waals surface area contributed by atoms with E-state index in [0.29, 0.717) is 0 Å². The minimum Gasteiger partial charge on any atom is -0.309 e. The first kappa shape index (κ1) is 32.8. The summed E-state index contributed by atoms with van der Waals surface area (Å²) in [6.07, 6.45) is 6.18. The lowest BCUT2D eigenvalue weighted by molar-refractivity contribution is 0.346. The van der Waals surface area contributed by atoms with E-state index >= 15 is 0 Å². The van der Waals surface area contributed by atoms with E-state index in [1.807, 2.05) is 0 Å². The molecule has 0 aliphatic heterocycles. The van der Waals surface area contributed by atoms with Crippen LogP contribution >= 0.6 is 0 Å². The molecule has 1 aliphatic carbocycles. The Morgan fingerprint density at radius 3 is 1.04 bits per heavy atom. The molecule has 8 aromatic carbocycles. The first-order valence-corrected chi connectivity index (χ1v) is 20.1. The molecule has 0 atom stereocenters. The summed E-state index contributed by atoms with van der Waals surface area (Å²) in [6.45, 7) is 0. The van der Waals surface area contributed by atoms with Crippen LogP contribution in [0.3, 0.4) is 0 Å². The highest BCUT2D eigenvalue weighted by molar-refractivity contribution is 6.10. The number of fused-ring (bicyclic) bond motifs is 6. The third-order valence-electron chi connectivity index (χ3n) is 12.6. The summed E-state index contributed by atoms with van der Waals surface area (Å²) in [5.41, 5.74) is 15.2. The van der Waals surface area contributed by atoms with Gasteiger partial charge in [0.25, 0.3) is 0 Å². The molecule has 268 valence electrons. The summed E-state index contributed by atoms with van der Waals surface area (Å²) in [7, 11) is 0. The minimum atomic E-state index is 0.0188. The third-order valence-corrected chi connectivity index (χ3v) is 12.6. The van der Waals surface area contributed by atoms with E-state index in [4.69, 9.17) is 0 Å². The molecule has 1 saturated carbocycles. The van der Waals surface area contributed by atoms with Gasteiger partial charge in [-0.1, -0.05) is 165 Å². The van der Waals surface area contributed by atoms with Crippen LogP contribution in [0, 0.1) is 0 Å². The molecule has 11 rings (SSSR count). The van der Waals surface area contributed by atoms with Crippen LogP contribution in [0.4, 0.5) is 0 Å². The second kappa shape index (κ2) is 13.3. The molecule has 0 N–H and O–H groups in total. The Morgan fingerprint density at radius 2 is 0.661 bits per heavy atom. The molecule has 2 nitrogen and oxygen atoms in total. The number of aromatic nitrogens is 2. The minimum absolute atomic E-state index is 0.0188. The summed E-state index contributed by atoms with van der Waals surface area (Å²) >= 11 is 0. The maximum atomic E-state index is 2.41. The molecule has 2 aromatic heterocycles. The summed E-state index contributed by atoms with van der Waals surface area (Å²) in [5.74, 6) is 0. The predicted molar refractivity (Wildman–Crippen MR) is 236 cm³/mol. The highest BCUT2D eigenvalue weighted by Gasteiger charge is 2.35. The SMILES string of the molecule is c1cc(-c2ccc(C3(c4ccc(-c5cccc(-n6c7ccccc7c7ccccc76)c5)cc4)CCCCC3)cc2)cc(-n2c3ccccc3c3ccccc32)c1. The van der Waals surface area contributed by atoms with Crippen molar-refractivity contribution in [3.05, 3.63) is 205 Å². The summed E-state index contributed by atoms with van der Waals surface area (Å²) in [5, 5.41) is 5.15. The monoisotopic (exact) mass is 718 g/mol. The van der Waals surface area contributed by atoms with E-state index in [-0.39, 0.29) is 5.41 Å². The lowest BCUT2D eigenvalue weighted by Crippen LogP contribution is -2.30. The van der Waals surface area contributed by atoms with Gasteiger partial charge in [0.1, 0.15) is 0 Å². The molecule has 0 saturated heterocycles. The molecular weight excluding hydrogens is 677 g/mol. The van der Waals surface area contributed by atoms with Crippen molar-refractivity contribution in [1.29, 1.82) is 0 Å². The Morgan fingerprint density at radius 1 is 0.304 bits per heavy atom. The first-order chi connectivity index (χ1) is 27.7. The van der Waals surface area contributed by atoms with Gasteiger partial charge in [0.05, 0.1) is 22.1 Å². The van der Waals surface area contributed by atoms with Gasteiger partial charge in [0.2, 0.25) is 0 Å². The molecule has 56 heavy (non-hydrogen) atoms. The number of benzene rings is 8. The molecule has 1 fully saturated rings. The van der Waals surface area contributed by atoms with Crippen LogP contribution in [-0.4, -0.2) is 9.13 Å². The summed E-state index contributed by atoms with van der Waals surface area (Å²) < 4.78 is 4.81. The number of hydrogen-bond donors (Lipinski definition) is 0. The van der Waals surface area contributed by atoms with Crippen LogP contribution in [0.15, 0.2) is 194 Å². The van der Waals surface area contributed by atoms with E-state index in [9.17, 15) is 0 Å². The molecule has 0 spiro atoms. The van der Waals surface area contributed by atoms with Crippen LogP contribution in [0.25, 0.3) is 77.2 Å². The molecule has 0 unspecified atom stereocenters. The zero-order valence-electron chi connectivity index (χ0n) is 31.4. The molecule has 2 heterocycles. The van der Waals surface area contributed by atoms with Crippen LogP contribution in [-0.2, 0) is 5.41 Å². The topological polar surface area (TPSA) is 9.86 Å². The maximum absolute atomic E-state index is 2.41. The van der Waals surface area contributed by atoms with Crippen molar-refractivity contribution in [2.45, 2.75) is 37.5 Å². The Hall–Kier alpha value is -6.64. The van der Waals surface area contributed by atoms with Gasteiger partial charge in [0.15, 0.2) is 0 Å². The normalized spacial score (nSPS) is 14.2. The van der Waals surface area contributed by atoms with Crippen molar-refractivity contribution in [2.24, 2.45) is 0 Å². The first-order valence-electron chi connectivity index (χ1n) is 20.1. The van der Waals surface area contributed by atoms with E-state index in [1.165, 1.54) is 120 Å². The van der Waals surface area contributed by atoms with Gasteiger partial charge in [0, 0.05) is 38.3 Å². The van der Waals surface area contributed by atoms with Gasteiger partial charge in [-0.25, -0.2) is 0 Å². The number of hydrogen-bond acceptors (Lipinski definition) is 0. The lowest BCUT2D eigenvalue weighted by atomic mass is 9.65. The average Bonchev–Trinajstić information content (AvgIpc) is 3.80. The Labute approximate surface area is 327 Å². The fourth-order valence-electron chi connectivity index (χ4n) is 9.91. The van der Waals surface area contributed by atoms with Gasteiger partial charge in [-0.15, -0.1) is 0 Å². The molecule has 0 radical (unpaired) electrons. The maximum Gasteiger partial charge on any atom is 0.0541 e. The lowest BCUT2D eigenvalue weighted by Gasteiger charge is -2.39. The van der Waals surface area contributed by atoms with Crippen LogP contribution in [0.2, 0.25) is 0 Å². The van der Waals surface area contributed by atoms with E-state index in [2.05, 4.69) is 203 Å².